The predicted molar refractivity (Wildman–Crippen MR) is 66.4 cm³/mol. The predicted octanol–water partition coefficient (Wildman–Crippen LogP) is 2.65. The molecule has 1 rings (SSSR count). The maximum atomic E-state index is 10.3. The van der Waals surface area contributed by atoms with Crippen LogP contribution in [0.15, 0.2) is 11.4 Å². The van der Waals surface area contributed by atoms with Crippen LogP contribution in [-0.4, -0.2) is 18.2 Å². The van der Waals surface area contributed by atoms with Gasteiger partial charge in [-0.05, 0) is 56.8 Å². The maximum Gasteiger partial charge on any atom is 0.0974 e. The molecular formula is C12H21NOS. The molecule has 0 aliphatic rings. The standard InChI is InChI=1S/C12H21NOS/c1-4-7-13-8-6-12(3,14)11-10(2)5-9-15-11/h5,9,13-14H,4,6-8H2,1-3H3. The summed E-state index contributed by atoms with van der Waals surface area (Å²) < 4.78 is 0. The van der Waals surface area contributed by atoms with Crippen molar-refractivity contribution in [3.8, 4) is 0 Å². The molecule has 0 spiro atoms. The summed E-state index contributed by atoms with van der Waals surface area (Å²) in [5.74, 6) is 0. The van der Waals surface area contributed by atoms with Crippen LogP contribution in [0.3, 0.4) is 0 Å². The molecule has 2 N–H and O–H groups in total. The highest BCUT2D eigenvalue weighted by Crippen LogP contribution is 2.31. The summed E-state index contributed by atoms with van der Waals surface area (Å²) in [5.41, 5.74) is 0.513. The zero-order valence-corrected chi connectivity index (χ0v) is 10.7. The van der Waals surface area contributed by atoms with E-state index in [0.717, 1.165) is 30.8 Å². The smallest absolute Gasteiger partial charge is 0.0974 e. The Bertz CT molecular complexity index is 294. The molecule has 1 aromatic heterocycles. The highest BCUT2D eigenvalue weighted by Gasteiger charge is 2.25. The number of hydrogen-bond acceptors (Lipinski definition) is 3. The SMILES string of the molecule is CCCNCCC(C)(O)c1sccc1C. The molecule has 0 radical (unpaired) electrons. The molecule has 0 aliphatic carbocycles. The van der Waals surface area contributed by atoms with Gasteiger partial charge >= 0.3 is 0 Å². The number of thiophene rings is 1. The molecule has 1 atom stereocenters. The van der Waals surface area contributed by atoms with Gasteiger partial charge in [0.2, 0.25) is 0 Å². The van der Waals surface area contributed by atoms with E-state index >= 15 is 0 Å². The first kappa shape index (κ1) is 12.7. The van der Waals surface area contributed by atoms with Crippen LogP contribution in [0.4, 0.5) is 0 Å². The topological polar surface area (TPSA) is 32.3 Å². The first-order valence-corrected chi connectivity index (χ1v) is 6.43. The number of nitrogens with one attached hydrogen (secondary N) is 1. The molecule has 1 unspecified atom stereocenters. The van der Waals surface area contributed by atoms with Gasteiger partial charge in [-0.3, -0.25) is 0 Å². The van der Waals surface area contributed by atoms with Crippen molar-refractivity contribution in [3.63, 3.8) is 0 Å². The van der Waals surface area contributed by atoms with E-state index in [-0.39, 0.29) is 0 Å². The van der Waals surface area contributed by atoms with Gasteiger partial charge in [0, 0.05) is 4.88 Å². The third kappa shape index (κ3) is 3.59. The first-order chi connectivity index (χ1) is 7.08. The third-order valence-electron chi connectivity index (χ3n) is 2.57. The van der Waals surface area contributed by atoms with Crippen molar-refractivity contribution < 1.29 is 5.11 Å². The van der Waals surface area contributed by atoms with E-state index in [9.17, 15) is 5.11 Å². The molecule has 0 fully saturated rings. The zero-order chi connectivity index (χ0) is 11.3. The van der Waals surface area contributed by atoms with Crippen LogP contribution in [0.25, 0.3) is 0 Å². The molecule has 1 heterocycles. The monoisotopic (exact) mass is 227 g/mol. The average Bonchev–Trinajstić information content (AvgIpc) is 2.60. The van der Waals surface area contributed by atoms with Crippen LogP contribution in [0.5, 0.6) is 0 Å². The highest BCUT2D eigenvalue weighted by molar-refractivity contribution is 7.10. The molecule has 0 aromatic carbocycles. The fourth-order valence-corrected chi connectivity index (χ4v) is 2.69. The third-order valence-corrected chi connectivity index (χ3v) is 3.84. The lowest BCUT2D eigenvalue weighted by Crippen LogP contribution is -2.28. The van der Waals surface area contributed by atoms with Gasteiger partial charge < -0.3 is 10.4 Å². The summed E-state index contributed by atoms with van der Waals surface area (Å²) in [6.45, 7) is 8.01. The van der Waals surface area contributed by atoms with Gasteiger partial charge in [-0.2, -0.15) is 0 Å². The van der Waals surface area contributed by atoms with Crippen molar-refractivity contribution in [2.45, 2.75) is 39.2 Å². The lowest BCUT2D eigenvalue weighted by molar-refractivity contribution is 0.0513. The second kappa shape index (κ2) is 5.64. The van der Waals surface area contributed by atoms with Gasteiger partial charge in [-0.15, -0.1) is 11.3 Å². The van der Waals surface area contributed by atoms with E-state index in [1.165, 1.54) is 5.56 Å². The molecule has 0 saturated heterocycles. The number of hydrogen-bond donors (Lipinski definition) is 2. The van der Waals surface area contributed by atoms with E-state index in [1.54, 1.807) is 11.3 Å². The molecule has 2 nitrogen and oxygen atoms in total. The maximum absolute atomic E-state index is 10.3. The fraction of sp³-hybridized carbons (Fsp3) is 0.667. The Hall–Kier alpha value is -0.380. The fourth-order valence-electron chi connectivity index (χ4n) is 1.67. The average molecular weight is 227 g/mol. The summed E-state index contributed by atoms with van der Waals surface area (Å²) in [6, 6.07) is 2.06. The van der Waals surface area contributed by atoms with E-state index in [4.69, 9.17) is 0 Å². The van der Waals surface area contributed by atoms with Gasteiger partial charge in [0.25, 0.3) is 0 Å². The summed E-state index contributed by atoms with van der Waals surface area (Å²) in [4.78, 5) is 1.10. The van der Waals surface area contributed by atoms with E-state index in [2.05, 4.69) is 25.2 Å². The molecular weight excluding hydrogens is 206 g/mol. The van der Waals surface area contributed by atoms with Crippen LogP contribution in [0, 0.1) is 6.92 Å². The van der Waals surface area contributed by atoms with Crippen LogP contribution in [-0.2, 0) is 5.60 Å². The summed E-state index contributed by atoms with van der Waals surface area (Å²) in [5, 5.41) is 15.7. The molecule has 0 bridgehead atoms. The lowest BCUT2D eigenvalue weighted by atomic mass is 9.98. The Morgan fingerprint density at radius 3 is 2.73 bits per heavy atom. The van der Waals surface area contributed by atoms with E-state index in [0.29, 0.717) is 0 Å². The summed E-state index contributed by atoms with van der Waals surface area (Å²) in [7, 11) is 0. The zero-order valence-electron chi connectivity index (χ0n) is 9.84. The lowest BCUT2D eigenvalue weighted by Gasteiger charge is -2.23. The van der Waals surface area contributed by atoms with Crippen LogP contribution < -0.4 is 5.32 Å². The van der Waals surface area contributed by atoms with Crippen LogP contribution in [0.1, 0.15) is 37.1 Å². The molecule has 0 aliphatic heterocycles. The van der Waals surface area contributed by atoms with E-state index < -0.39 is 5.60 Å². The Morgan fingerprint density at radius 2 is 2.20 bits per heavy atom. The highest BCUT2D eigenvalue weighted by atomic mass is 32.1. The Morgan fingerprint density at radius 1 is 1.47 bits per heavy atom. The Labute approximate surface area is 96.3 Å². The van der Waals surface area contributed by atoms with Crippen molar-refractivity contribution in [3.05, 3.63) is 21.9 Å². The molecule has 3 heteroatoms. The largest absolute Gasteiger partial charge is 0.385 e. The van der Waals surface area contributed by atoms with Gasteiger partial charge in [-0.25, -0.2) is 0 Å². The molecule has 86 valence electrons. The minimum atomic E-state index is -0.682. The van der Waals surface area contributed by atoms with Crippen molar-refractivity contribution in [1.29, 1.82) is 0 Å². The minimum Gasteiger partial charge on any atom is -0.385 e. The van der Waals surface area contributed by atoms with Gasteiger partial charge in [-0.1, -0.05) is 6.92 Å². The first-order valence-electron chi connectivity index (χ1n) is 5.55. The molecule has 0 amide bonds. The summed E-state index contributed by atoms with van der Waals surface area (Å²) in [6.07, 6.45) is 1.91. The van der Waals surface area contributed by atoms with Crippen molar-refractivity contribution >= 4 is 11.3 Å². The van der Waals surface area contributed by atoms with Crippen molar-refractivity contribution in [2.75, 3.05) is 13.1 Å². The Kier molecular flexibility index (Phi) is 4.77. The molecule has 1 aromatic rings. The van der Waals surface area contributed by atoms with Gasteiger partial charge in [0.05, 0.1) is 5.60 Å². The molecule has 15 heavy (non-hydrogen) atoms. The van der Waals surface area contributed by atoms with E-state index in [1.807, 2.05) is 12.3 Å². The van der Waals surface area contributed by atoms with Crippen LogP contribution in [0.2, 0.25) is 0 Å². The molecule has 0 saturated carbocycles. The van der Waals surface area contributed by atoms with Crippen LogP contribution >= 0.6 is 11.3 Å². The minimum absolute atomic E-state index is 0.682. The Balaban J connectivity index is 2.48. The normalized spacial score (nSPS) is 15.2. The van der Waals surface area contributed by atoms with Crippen molar-refractivity contribution in [2.24, 2.45) is 0 Å². The number of aryl methyl sites for hydroxylation is 1. The second-order valence-electron chi connectivity index (χ2n) is 4.21. The summed E-state index contributed by atoms with van der Waals surface area (Å²) >= 11 is 1.64. The van der Waals surface area contributed by atoms with Crippen molar-refractivity contribution in [1.82, 2.24) is 5.32 Å². The number of aliphatic hydroxyl groups is 1. The quantitative estimate of drug-likeness (QED) is 0.732. The number of rotatable bonds is 6. The van der Waals surface area contributed by atoms with Gasteiger partial charge in [0.1, 0.15) is 0 Å². The second-order valence-corrected chi connectivity index (χ2v) is 5.12. The van der Waals surface area contributed by atoms with Gasteiger partial charge in [0.15, 0.2) is 0 Å².